The minimum atomic E-state index is -0.0164. The van der Waals surface area contributed by atoms with Crippen LogP contribution in [0.4, 0.5) is 23.1 Å². The Labute approximate surface area is 257 Å². The third-order valence-electron chi connectivity index (χ3n) is 7.80. The van der Waals surface area contributed by atoms with Crippen molar-refractivity contribution in [2.75, 3.05) is 30.3 Å². The highest BCUT2D eigenvalue weighted by atomic mass is 35.5. The van der Waals surface area contributed by atoms with Gasteiger partial charge < -0.3 is 20.3 Å². The molecular formula is C31H29ClN8O2S. The lowest BCUT2D eigenvalue weighted by molar-refractivity contribution is -0.134. The summed E-state index contributed by atoms with van der Waals surface area (Å²) in [5.74, 6) is 1.90. The molecule has 10 nitrogen and oxygen atoms in total. The van der Waals surface area contributed by atoms with Gasteiger partial charge in [-0.25, -0.2) is 4.98 Å². The van der Waals surface area contributed by atoms with E-state index in [1.807, 2.05) is 41.4 Å². The van der Waals surface area contributed by atoms with Gasteiger partial charge in [0, 0.05) is 30.9 Å². The number of halogens is 1. The second-order valence-corrected chi connectivity index (χ2v) is 12.0. The Morgan fingerprint density at radius 2 is 1.95 bits per heavy atom. The van der Waals surface area contributed by atoms with Gasteiger partial charge in [-0.2, -0.15) is 10.1 Å². The van der Waals surface area contributed by atoms with Gasteiger partial charge in [0.15, 0.2) is 12.4 Å². The van der Waals surface area contributed by atoms with Crippen molar-refractivity contribution in [2.45, 2.75) is 31.6 Å². The maximum Gasteiger partial charge on any atom is 0.260 e. The molecule has 0 radical (unpaired) electrons. The predicted molar refractivity (Wildman–Crippen MR) is 168 cm³/mol. The zero-order valence-corrected chi connectivity index (χ0v) is 24.8. The van der Waals surface area contributed by atoms with Crippen LogP contribution in [0.1, 0.15) is 35.6 Å². The number of aromatic amines is 1. The molecule has 7 rings (SSSR count). The number of aromatic nitrogens is 5. The second kappa shape index (κ2) is 12.0. The lowest BCUT2D eigenvalue weighted by atomic mass is 9.93. The van der Waals surface area contributed by atoms with Crippen LogP contribution in [0.25, 0.3) is 10.6 Å². The fraction of sp³-hybridized carbons (Fsp3) is 0.258. The molecule has 0 spiro atoms. The largest absolute Gasteiger partial charge is 0.483 e. The summed E-state index contributed by atoms with van der Waals surface area (Å²) >= 11 is 8.08. The Hall–Kier alpha value is -4.48. The van der Waals surface area contributed by atoms with E-state index in [0.717, 1.165) is 53.2 Å². The van der Waals surface area contributed by atoms with Crippen LogP contribution in [-0.2, 0) is 17.6 Å². The molecule has 0 saturated carbocycles. The van der Waals surface area contributed by atoms with Crippen LogP contribution in [0, 0.1) is 0 Å². The molecule has 0 atom stereocenters. The first-order valence-corrected chi connectivity index (χ1v) is 15.5. The lowest BCUT2D eigenvalue weighted by Crippen LogP contribution is -2.40. The van der Waals surface area contributed by atoms with Crippen molar-refractivity contribution in [2.24, 2.45) is 0 Å². The Kier molecular flexibility index (Phi) is 7.65. The number of carbonyl (C=O) groups is 1. The quantitative estimate of drug-likeness (QED) is 0.210. The summed E-state index contributed by atoms with van der Waals surface area (Å²) in [7, 11) is 0. The lowest BCUT2D eigenvalue weighted by Gasteiger charge is -2.31. The number of amides is 1. The number of thiophene rings is 1. The standard InChI is InChI=1S/C31H29ClN8O2S/c32-24-17-34-31-36-23-12-19(15-33-16-23)3-4-21-13-22(35-30(24)37-31)5-6-27(21)42-18-29(41)40-9-7-20(8-10-40)25-14-26(39-38-25)28-2-1-11-43-28/h1-2,5-6,11-17,20H,3-4,7-10,18H2,(H,38,39)(H2,34,35,36,37). The number of anilines is 4. The van der Waals surface area contributed by atoms with Gasteiger partial charge in [0.05, 0.1) is 34.3 Å². The number of fused-ring (bicyclic) bond motifs is 6. The van der Waals surface area contributed by atoms with Crippen LogP contribution in [0.3, 0.4) is 0 Å². The van der Waals surface area contributed by atoms with Gasteiger partial charge >= 0.3 is 0 Å². The average Bonchev–Trinajstić information content (AvgIpc) is 3.74. The Balaban J connectivity index is 1.02. The summed E-state index contributed by atoms with van der Waals surface area (Å²) in [6, 6.07) is 14.1. The summed E-state index contributed by atoms with van der Waals surface area (Å²) in [4.78, 5) is 29.4. The number of benzene rings is 1. The summed E-state index contributed by atoms with van der Waals surface area (Å²) < 4.78 is 6.14. The molecule has 0 unspecified atom stereocenters. The number of hydrogen-bond acceptors (Lipinski definition) is 9. The SMILES string of the molecule is O=C(COc1ccc2cc1CCc1cncc(c1)Nc1ncc(Cl)c(n1)N2)N1CCC(c2cc(-c3cccs3)[nH]n2)CC1. The number of aryl methyl sites for hydroxylation is 2. The molecule has 1 saturated heterocycles. The van der Waals surface area contributed by atoms with E-state index in [9.17, 15) is 4.79 Å². The molecule has 1 aromatic carbocycles. The van der Waals surface area contributed by atoms with Crippen LogP contribution in [0.5, 0.6) is 5.75 Å². The summed E-state index contributed by atoms with van der Waals surface area (Å²) in [5, 5.41) is 16.7. The van der Waals surface area contributed by atoms with Crippen molar-refractivity contribution in [3.05, 3.63) is 88.3 Å². The van der Waals surface area contributed by atoms with Crippen molar-refractivity contribution in [1.29, 1.82) is 0 Å². The molecule has 6 bridgehead atoms. The van der Waals surface area contributed by atoms with E-state index in [2.05, 4.69) is 53.3 Å². The third-order valence-corrected chi connectivity index (χ3v) is 8.98. The molecule has 2 aliphatic rings. The van der Waals surface area contributed by atoms with E-state index in [4.69, 9.17) is 16.3 Å². The second-order valence-electron chi connectivity index (χ2n) is 10.7. The van der Waals surface area contributed by atoms with Crippen LogP contribution < -0.4 is 15.4 Å². The number of hydrogen-bond donors (Lipinski definition) is 3. The molecular weight excluding hydrogens is 584 g/mol. The van der Waals surface area contributed by atoms with Gasteiger partial charge in [-0.3, -0.25) is 14.9 Å². The van der Waals surface area contributed by atoms with Gasteiger partial charge in [0.25, 0.3) is 5.91 Å². The fourth-order valence-electron chi connectivity index (χ4n) is 5.51. The van der Waals surface area contributed by atoms with Crippen molar-refractivity contribution < 1.29 is 9.53 Å². The molecule has 6 heterocycles. The van der Waals surface area contributed by atoms with Crippen molar-refractivity contribution >= 4 is 52.0 Å². The van der Waals surface area contributed by atoms with Crippen molar-refractivity contribution in [1.82, 2.24) is 30.0 Å². The highest BCUT2D eigenvalue weighted by Crippen LogP contribution is 2.32. The molecule has 2 aliphatic heterocycles. The highest BCUT2D eigenvalue weighted by molar-refractivity contribution is 7.13. The summed E-state index contributed by atoms with van der Waals surface area (Å²) in [6.45, 7) is 1.35. The summed E-state index contributed by atoms with van der Waals surface area (Å²) in [5.41, 5.74) is 5.74. The van der Waals surface area contributed by atoms with Gasteiger partial charge in [-0.1, -0.05) is 17.7 Å². The Morgan fingerprint density at radius 1 is 1.05 bits per heavy atom. The number of H-pyrrole nitrogens is 1. The molecule has 4 aromatic heterocycles. The van der Waals surface area contributed by atoms with Crippen LogP contribution in [0.15, 0.2) is 66.4 Å². The number of carbonyl (C=O) groups excluding carboxylic acids is 1. The van der Waals surface area contributed by atoms with Gasteiger partial charge in [-0.15, -0.1) is 11.3 Å². The zero-order valence-electron chi connectivity index (χ0n) is 23.2. The number of pyridine rings is 1. The maximum absolute atomic E-state index is 13.2. The van der Waals surface area contributed by atoms with E-state index < -0.39 is 0 Å². The Bertz CT molecular complexity index is 1750. The van der Waals surface area contributed by atoms with Crippen LogP contribution >= 0.6 is 22.9 Å². The number of nitrogens with one attached hydrogen (secondary N) is 3. The number of nitrogens with zero attached hydrogens (tertiary/aromatic N) is 5. The molecule has 1 fully saturated rings. The highest BCUT2D eigenvalue weighted by Gasteiger charge is 2.26. The first-order valence-electron chi connectivity index (χ1n) is 14.2. The molecule has 12 heteroatoms. The number of ether oxygens (including phenoxy) is 1. The van der Waals surface area contributed by atoms with Crippen molar-refractivity contribution in [3.8, 4) is 16.3 Å². The molecule has 0 aliphatic carbocycles. The molecule has 3 N–H and O–H groups in total. The minimum absolute atomic E-state index is 0.0120. The molecule has 5 aromatic rings. The maximum atomic E-state index is 13.2. The first-order chi connectivity index (χ1) is 21.1. The molecule has 43 heavy (non-hydrogen) atoms. The smallest absolute Gasteiger partial charge is 0.260 e. The van der Waals surface area contributed by atoms with Gasteiger partial charge in [0.2, 0.25) is 5.95 Å². The van der Waals surface area contributed by atoms with Crippen LogP contribution in [0.2, 0.25) is 5.02 Å². The van der Waals surface area contributed by atoms with E-state index in [1.54, 1.807) is 23.7 Å². The third kappa shape index (κ3) is 6.18. The van der Waals surface area contributed by atoms with E-state index in [1.165, 1.54) is 4.88 Å². The Morgan fingerprint density at radius 3 is 2.81 bits per heavy atom. The zero-order chi connectivity index (χ0) is 29.2. The average molecular weight is 613 g/mol. The van der Waals surface area contributed by atoms with Crippen LogP contribution in [-0.4, -0.2) is 55.7 Å². The normalized spacial score (nSPS) is 15.0. The van der Waals surface area contributed by atoms with Crippen molar-refractivity contribution in [3.63, 3.8) is 0 Å². The van der Waals surface area contributed by atoms with E-state index >= 15 is 0 Å². The van der Waals surface area contributed by atoms with Gasteiger partial charge in [-0.05, 0) is 78.6 Å². The van der Waals surface area contributed by atoms with E-state index in [-0.39, 0.29) is 12.5 Å². The first kappa shape index (κ1) is 27.4. The number of piperidine rings is 1. The summed E-state index contributed by atoms with van der Waals surface area (Å²) in [6.07, 6.45) is 8.33. The van der Waals surface area contributed by atoms with Gasteiger partial charge in [0.1, 0.15) is 10.8 Å². The topological polar surface area (TPSA) is 121 Å². The predicted octanol–water partition coefficient (Wildman–Crippen LogP) is 6.35. The molecule has 1 amide bonds. The van der Waals surface area contributed by atoms with E-state index in [0.29, 0.717) is 48.0 Å². The monoisotopic (exact) mass is 612 g/mol. The number of rotatable bonds is 5. The fourth-order valence-corrected chi connectivity index (χ4v) is 6.34. The molecule has 218 valence electrons. The minimum Gasteiger partial charge on any atom is -0.483 e. The number of likely N-dealkylation sites (tertiary alicyclic amines) is 1.